The van der Waals surface area contributed by atoms with E-state index in [2.05, 4.69) is 104 Å². The summed E-state index contributed by atoms with van der Waals surface area (Å²) in [5.74, 6) is 1.55. The third-order valence-electron chi connectivity index (χ3n) is 9.57. The van der Waals surface area contributed by atoms with Crippen LogP contribution in [0.2, 0.25) is 0 Å². The van der Waals surface area contributed by atoms with Gasteiger partial charge in [-0.1, -0.05) is 126 Å². The van der Waals surface area contributed by atoms with Crippen LogP contribution in [0.4, 0.5) is 0 Å². The van der Waals surface area contributed by atoms with Crippen LogP contribution < -0.4 is 0 Å². The van der Waals surface area contributed by atoms with E-state index in [1.165, 1.54) is 5.57 Å². The van der Waals surface area contributed by atoms with Crippen LogP contribution in [-0.4, -0.2) is 39.9 Å². The van der Waals surface area contributed by atoms with Gasteiger partial charge >= 0.3 is 0 Å². The number of carbonyl (C=O) groups is 1. The van der Waals surface area contributed by atoms with E-state index in [0.717, 1.165) is 36.8 Å². The van der Waals surface area contributed by atoms with Crippen LogP contribution in [0.15, 0.2) is 83.1 Å². The van der Waals surface area contributed by atoms with Crippen molar-refractivity contribution in [2.75, 3.05) is 6.61 Å². The van der Waals surface area contributed by atoms with E-state index in [-0.39, 0.29) is 35.4 Å². The van der Waals surface area contributed by atoms with E-state index in [4.69, 9.17) is 0 Å². The second kappa shape index (κ2) is 17.4. The zero-order valence-corrected chi connectivity index (χ0v) is 29.1. The largest absolute Gasteiger partial charge is 0.393 e. The fourth-order valence-corrected chi connectivity index (χ4v) is 6.99. The Labute approximate surface area is 269 Å². The summed E-state index contributed by atoms with van der Waals surface area (Å²) in [7, 11) is 0. The second-order valence-corrected chi connectivity index (χ2v) is 15.1. The van der Waals surface area contributed by atoms with E-state index < -0.39 is 0 Å². The predicted octanol–water partition coefficient (Wildman–Crippen LogP) is 9.02. The van der Waals surface area contributed by atoms with Crippen LogP contribution in [0.1, 0.15) is 107 Å². The Kier molecular flexibility index (Phi) is 15.0. The lowest BCUT2D eigenvalue weighted by atomic mass is 9.67. The number of aliphatic hydroxyl groups is 3. The van der Waals surface area contributed by atoms with Crippen molar-refractivity contribution in [3.63, 3.8) is 0 Å². The van der Waals surface area contributed by atoms with Crippen LogP contribution in [-0.2, 0) is 4.79 Å². The molecule has 3 N–H and O–H groups in total. The van der Waals surface area contributed by atoms with Crippen LogP contribution in [0, 0.1) is 34.5 Å². The minimum Gasteiger partial charge on any atom is -0.393 e. The second-order valence-electron chi connectivity index (χ2n) is 15.1. The van der Waals surface area contributed by atoms with Crippen molar-refractivity contribution in [2.24, 2.45) is 34.5 Å². The van der Waals surface area contributed by atoms with E-state index in [0.29, 0.717) is 48.5 Å². The highest BCUT2D eigenvalue weighted by Crippen LogP contribution is 2.43. The van der Waals surface area contributed by atoms with Gasteiger partial charge in [0.05, 0.1) is 18.8 Å². The van der Waals surface area contributed by atoms with Gasteiger partial charge < -0.3 is 15.3 Å². The van der Waals surface area contributed by atoms with Gasteiger partial charge in [-0.3, -0.25) is 4.79 Å². The Balaban J connectivity index is 1.78. The first-order chi connectivity index (χ1) is 20.6. The average Bonchev–Trinajstić information content (AvgIpc) is 2.89. The fraction of sp³-hybridized carbons (Fsp3) is 0.625. The summed E-state index contributed by atoms with van der Waals surface area (Å²) in [5.41, 5.74) is 3.84. The summed E-state index contributed by atoms with van der Waals surface area (Å²) in [5, 5.41) is 30.1. The van der Waals surface area contributed by atoms with Crippen LogP contribution >= 0.6 is 0 Å². The summed E-state index contributed by atoms with van der Waals surface area (Å²) in [4.78, 5) is 13.0. The third-order valence-corrected chi connectivity index (χ3v) is 9.57. The number of hydrogen-bond donors (Lipinski definition) is 3. The molecule has 0 spiro atoms. The first-order valence-corrected chi connectivity index (χ1v) is 16.8. The van der Waals surface area contributed by atoms with Gasteiger partial charge in [-0.05, 0) is 81.0 Å². The molecule has 2 rings (SSSR count). The van der Waals surface area contributed by atoms with Crippen molar-refractivity contribution in [2.45, 2.75) is 119 Å². The van der Waals surface area contributed by atoms with E-state index in [1.54, 1.807) is 0 Å². The molecule has 6 atom stereocenters. The minimum atomic E-state index is -0.345. The van der Waals surface area contributed by atoms with Crippen LogP contribution in [0.25, 0.3) is 0 Å². The number of allylic oxidation sites excluding steroid dienone is 11. The average molecular weight is 607 g/mol. The highest BCUT2D eigenvalue weighted by atomic mass is 16.3. The van der Waals surface area contributed by atoms with Crippen molar-refractivity contribution < 1.29 is 20.1 Å². The molecule has 3 unspecified atom stereocenters. The fourth-order valence-electron chi connectivity index (χ4n) is 6.99. The van der Waals surface area contributed by atoms with Crippen molar-refractivity contribution in [3.05, 3.63) is 83.1 Å². The van der Waals surface area contributed by atoms with Crippen molar-refractivity contribution in [1.82, 2.24) is 0 Å². The van der Waals surface area contributed by atoms with Gasteiger partial charge in [0.1, 0.15) is 0 Å². The van der Waals surface area contributed by atoms with Gasteiger partial charge in [0.15, 0.2) is 5.78 Å². The lowest BCUT2D eigenvalue weighted by Gasteiger charge is -2.38. The maximum absolute atomic E-state index is 13.0. The normalized spacial score (nSPS) is 26.6. The van der Waals surface area contributed by atoms with E-state index in [1.807, 2.05) is 19.1 Å². The Morgan fingerprint density at radius 3 is 2.30 bits per heavy atom. The molecule has 4 heteroatoms. The Hall–Kier alpha value is -2.27. The molecule has 0 aromatic carbocycles. The first-order valence-electron chi connectivity index (χ1n) is 16.8. The first kappa shape index (κ1) is 37.9. The monoisotopic (exact) mass is 606 g/mol. The van der Waals surface area contributed by atoms with Gasteiger partial charge in [0, 0.05) is 17.9 Å². The standard InChI is InChI=1S/C40H62O4/c1-28(16-12-17-30(3)20-21-36-31(4)22-34(42)25-39(36,6)7)14-10-11-15-29(2)18-13-19-33(27-41)38(44)24-37-32(5)23-35(43)26-40(37,8)9/h10-12,14-16,19-22,28-30,34-36,41-43H,13,17-18,23-27H2,1-9H3/b14-10+,15-11+,16-12+,21-20+,33-19+/t28?,29?,30?,34-,35+,36-/m0/s1. The van der Waals surface area contributed by atoms with Crippen LogP contribution in [0.3, 0.4) is 0 Å². The van der Waals surface area contributed by atoms with Crippen LogP contribution in [0.5, 0.6) is 0 Å². The molecule has 0 saturated heterocycles. The zero-order valence-electron chi connectivity index (χ0n) is 29.1. The molecular formula is C40H62O4. The van der Waals surface area contributed by atoms with Gasteiger partial charge in [-0.25, -0.2) is 0 Å². The molecule has 0 amide bonds. The molecule has 0 heterocycles. The highest BCUT2D eigenvalue weighted by molar-refractivity contribution is 5.97. The SMILES string of the molecule is CC1=C[C@H](O)CC(C)(C)[C@H]1/C=C/C(C)C/C=C/C(C)/C=C/C=C/C(C)CC/C=C(\CO)C(=O)CC1=C(C)C[C@@H](O)CC1(C)C. The number of carbonyl (C=O) groups excluding carboxylic acids is 1. The molecule has 0 radical (unpaired) electrons. The molecule has 2 aliphatic rings. The number of Topliss-reactive ketones (excluding diaryl/α,β-unsaturated/α-hetero) is 1. The Bertz CT molecular complexity index is 1160. The quantitative estimate of drug-likeness (QED) is 0.0987. The minimum absolute atomic E-state index is 0.00828. The number of ketones is 1. The zero-order chi connectivity index (χ0) is 33.1. The highest BCUT2D eigenvalue weighted by Gasteiger charge is 2.35. The summed E-state index contributed by atoms with van der Waals surface area (Å²) in [6.07, 6.45) is 26.1. The molecule has 0 bridgehead atoms. The molecule has 246 valence electrons. The lowest BCUT2D eigenvalue weighted by Crippen LogP contribution is -2.32. The summed E-state index contributed by atoms with van der Waals surface area (Å²) in [6, 6.07) is 0. The number of hydrogen-bond acceptors (Lipinski definition) is 4. The van der Waals surface area contributed by atoms with Gasteiger partial charge in [-0.2, -0.15) is 0 Å². The van der Waals surface area contributed by atoms with Crippen molar-refractivity contribution in [1.29, 1.82) is 0 Å². The van der Waals surface area contributed by atoms with E-state index in [9.17, 15) is 20.1 Å². The van der Waals surface area contributed by atoms with E-state index >= 15 is 0 Å². The summed E-state index contributed by atoms with van der Waals surface area (Å²) < 4.78 is 0. The maximum Gasteiger partial charge on any atom is 0.164 e. The Morgan fingerprint density at radius 1 is 0.977 bits per heavy atom. The van der Waals surface area contributed by atoms with Gasteiger partial charge in [-0.15, -0.1) is 0 Å². The number of rotatable bonds is 15. The molecule has 2 aliphatic carbocycles. The molecule has 4 nitrogen and oxygen atoms in total. The van der Waals surface area contributed by atoms with Gasteiger partial charge in [0.2, 0.25) is 0 Å². The lowest BCUT2D eigenvalue weighted by molar-refractivity contribution is -0.115. The summed E-state index contributed by atoms with van der Waals surface area (Å²) >= 11 is 0. The molecule has 0 aromatic heterocycles. The van der Waals surface area contributed by atoms with Crippen molar-refractivity contribution >= 4 is 5.78 Å². The molecular weight excluding hydrogens is 544 g/mol. The predicted molar refractivity (Wildman–Crippen MR) is 186 cm³/mol. The topological polar surface area (TPSA) is 77.8 Å². The molecule has 0 aliphatic heterocycles. The third kappa shape index (κ3) is 12.3. The molecule has 0 fully saturated rings. The molecule has 0 saturated carbocycles. The number of aliphatic hydroxyl groups excluding tert-OH is 3. The maximum atomic E-state index is 13.0. The van der Waals surface area contributed by atoms with Gasteiger partial charge in [0.25, 0.3) is 0 Å². The smallest absolute Gasteiger partial charge is 0.164 e. The Morgan fingerprint density at radius 2 is 1.66 bits per heavy atom. The molecule has 0 aromatic rings. The summed E-state index contributed by atoms with van der Waals surface area (Å²) in [6.45, 7) is 19.2. The molecule has 44 heavy (non-hydrogen) atoms. The van der Waals surface area contributed by atoms with Crippen molar-refractivity contribution in [3.8, 4) is 0 Å².